The SMILES string of the molecule is CC(C)C.CC(C)C.CC(C)C.CC(C)C.CC(C)C.CC(C)C.CC(C)C1=Nc2ccccc2C1.CC(C)N(c1ccccc1)c1ccccc1.CC(C)c1cccnc1-c1ncccc1C(C)C.CC(C)n1c2ccccc2c2ccccc21.c1ccc(-c2ccccn2)nc1.c1ccc(-n2c3ccccc3c3ccccc32)cc1.c1ccc(N(c2ccccc2)c2ccccc2)cc1.c1cncc(-c2cccnc2)c1. The molecule has 1 aliphatic rings. The van der Waals surface area contributed by atoms with E-state index in [2.05, 4.69) is 527 Å². The second-order valence-electron chi connectivity index (χ2n) is 41.7. The number of aliphatic imine (C=N–C) groups is 1. The van der Waals surface area contributed by atoms with Crippen LogP contribution >= 0.6 is 0 Å². The van der Waals surface area contributed by atoms with Gasteiger partial charge in [-0.15, -0.1) is 0 Å². The van der Waals surface area contributed by atoms with Crippen molar-refractivity contribution in [1.82, 2.24) is 39.0 Å². The predicted molar refractivity (Wildman–Crippen MR) is 648 cm³/mol. The summed E-state index contributed by atoms with van der Waals surface area (Å²) in [5, 5.41) is 5.32. The Labute approximate surface area is 891 Å². The second-order valence-corrected chi connectivity index (χ2v) is 41.7. The van der Waals surface area contributed by atoms with E-state index in [-0.39, 0.29) is 0 Å². The molecule has 11 nitrogen and oxygen atoms in total. The third kappa shape index (κ3) is 42.0. The van der Waals surface area contributed by atoms with E-state index in [1.807, 2.05) is 134 Å². The molecule has 0 fully saturated rings. The number of benzene rings is 11. The number of fused-ring (bicyclic) bond motifs is 7. The van der Waals surface area contributed by atoms with Crippen molar-refractivity contribution in [3.8, 4) is 39.6 Å². The minimum atomic E-state index is 0.449. The first-order valence-corrected chi connectivity index (χ1v) is 53.2. The van der Waals surface area contributed by atoms with Gasteiger partial charge in [-0.25, -0.2) is 0 Å². The van der Waals surface area contributed by atoms with E-state index in [0.29, 0.717) is 29.8 Å². The Morgan fingerprint density at radius 1 is 0.243 bits per heavy atom. The zero-order chi connectivity index (χ0) is 108. The van der Waals surface area contributed by atoms with Crippen LogP contribution in [-0.2, 0) is 6.42 Å². The monoisotopic (exact) mass is 1970 g/mol. The van der Waals surface area contributed by atoms with E-state index in [9.17, 15) is 0 Å². The Kier molecular flexibility index (Phi) is 53.8. The molecule has 19 aromatic rings. The van der Waals surface area contributed by atoms with E-state index in [0.717, 1.165) is 75.8 Å². The lowest BCUT2D eigenvalue weighted by Crippen LogP contribution is -2.25. The maximum absolute atomic E-state index is 4.57. The van der Waals surface area contributed by atoms with Crippen molar-refractivity contribution in [2.24, 2.45) is 46.4 Å². The zero-order valence-electron chi connectivity index (χ0n) is 94.0. The van der Waals surface area contributed by atoms with Crippen LogP contribution in [0.4, 0.5) is 34.1 Å². The van der Waals surface area contributed by atoms with Crippen LogP contribution < -0.4 is 9.80 Å². The number of nitrogens with zero attached hydrogens (tertiary/aromatic N) is 11. The van der Waals surface area contributed by atoms with Gasteiger partial charge in [0.1, 0.15) is 0 Å². The van der Waals surface area contributed by atoms with Crippen molar-refractivity contribution in [1.29, 1.82) is 0 Å². The number of hydrogen-bond acceptors (Lipinski definition) is 9. The van der Waals surface area contributed by atoms with Crippen LogP contribution in [0.3, 0.4) is 0 Å². The molecule has 9 heterocycles. The molecule has 148 heavy (non-hydrogen) atoms. The molecule has 0 saturated heterocycles. The van der Waals surface area contributed by atoms with Gasteiger partial charge < -0.3 is 18.9 Å². The molecule has 772 valence electrons. The predicted octanol–water partition coefficient (Wildman–Crippen LogP) is 40.2. The van der Waals surface area contributed by atoms with Crippen LogP contribution in [0.25, 0.3) is 83.2 Å². The lowest BCUT2D eigenvalue weighted by atomic mass is 9.94. The van der Waals surface area contributed by atoms with Gasteiger partial charge in [-0.2, -0.15) is 0 Å². The van der Waals surface area contributed by atoms with E-state index >= 15 is 0 Å². The molecule has 0 atom stereocenters. The molecule has 11 heteroatoms. The van der Waals surface area contributed by atoms with Crippen LogP contribution in [0.1, 0.15) is 228 Å². The van der Waals surface area contributed by atoms with Gasteiger partial charge in [0.15, 0.2) is 0 Å². The molecule has 0 spiro atoms. The maximum atomic E-state index is 4.57. The number of aromatic nitrogens is 8. The molecule has 0 radical (unpaired) electrons. The van der Waals surface area contributed by atoms with Crippen LogP contribution in [0.5, 0.6) is 0 Å². The van der Waals surface area contributed by atoms with Crippen molar-refractivity contribution in [2.45, 2.75) is 224 Å². The average molecular weight is 1970 g/mol. The minimum absolute atomic E-state index is 0.449. The minimum Gasteiger partial charge on any atom is -0.339 e. The van der Waals surface area contributed by atoms with E-state index in [4.69, 9.17) is 0 Å². The topological polar surface area (TPSA) is 106 Å². The van der Waals surface area contributed by atoms with Gasteiger partial charge in [-0.3, -0.25) is 34.9 Å². The van der Waals surface area contributed by atoms with E-state index < -0.39 is 0 Å². The highest BCUT2D eigenvalue weighted by molar-refractivity contribution is 6.10. The second kappa shape index (κ2) is 66.3. The molecule has 0 saturated carbocycles. The highest BCUT2D eigenvalue weighted by atomic mass is 15.2. The Morgan fingerprint density at radius 2 is 0.527 bits per heavy atom. The molecule has 0 aliphatic carbocycles. The van der Waals surface area contributed by atoms with Gasteiger partial charge in [-0.1, -0.05) is 403 Å². The standard InChI is InChI=1S/C18H13N.C18H15N.C16H20N2.C15H15N.C15H17N.C11H13N.2C10H8N2.6C4H10/c1-2-8-14(9-3-1)19-17-12-6-4-10-15(17)16-11-5-7-13-18(16)19;1-4-10-16(11-5-1)19(17-12-6-2-7-13-17)18-14-8-3-9-15-18;1-11(2)13-7-5-9-17-15(13)16-14(12(3)4)8-6-10-18-16;1-11(2)16-14-9-5-3-7-12(14)13-8-4-6-10-15(13)16;1-13(2)16(14-9-5-3-6-10-14)15-11-7-4-8-12-15;1-8(2)11-7-9-5-3-4-6-10(9)12-11;1-3-9(7-11-5-1)10-4-2-6-12-8-10;1-3-7-11-9(5-1)10-6-2-4-8-12-10;6*1-4(2)3/h1-13H;1-15H;5-12H,1-4H3;3-11H,1-2H3;3-13H,1-2H3;3-6,8H,7H2,1-2H3;2*1-8H;6*4H,1-3H3. The Hall–Kier alpha value is -14.8. The van der Waals surface area contributed by atoms with Crippen molar-refractivity contribution in [2.75, 3.05) is 9.80 Å². The summed E-state index contributed by atoms with van der Waals surface area (Å²) < 4.78 is 4.73. The van der Waals surface area contributed by atoms with Gasteiger partial charge in [0.25, 0.3) is 0 Å². The summed E-state index contributed by atoms with van der Waals surface area (Å²) in [5.74, 6) is 6.49. The molecular formula is C137H169N11. The fraction of sp³-hybridized carbons (Fsp3) is 0.292. The third-order valence-corrected chi connectivity index (χ3v) is 21.0. The highest BCUT2D eigenvalue weighted by Crippen LogP contribution is 2.38. The highest BCUT2D eigenvalue weighted by Gasteiger charge is 2.20. The van der Waals surface area contributed by atoms with Gasteiger partial charge >= 0.3 is 0 Å². The normalized spacial score (nSPS) is 10.7. The van der Waals surface area contributed by atoms with Crippen molar-refractivity contribution >= 4 is 83.4 Å². The molecule has 20 rings (SSSR count). The van der Waals surface area contributed by atoms with Gasteiger partial charge in [-0.05, 0) is 249 Å². The van der Waals surface area contributed by atoms with Crippen LogP contribution in [0.2, 0.25) is 0 Å². The Balaban J connectivity index is 0.000000223. The van der Waals surface area contributed by atoms with Crippen molar-refractivity contribution in [3.05, 3.63) is 455 Å². The Morgan fingerprint density at radius 3 is 0.824 bits per heavy atom. The number of pyridine rings is 6. The fourth-order valence-corrected chi connectivity index (χ4v) is 15.1. The molecule has 0 amide bonds. The molecule has 1 aliphatic heterocycles. The largest absolute Gasteiger partial charge is 0.339 e. The van der Waals surface area contributed by atoms with Crippen LogP contribution in [0.15, 0.2) is 443 Å². The van der Waals surface area contributed by atoms with Gasteiger partial charge in [0.05, 0.1) is 39.5 Å². The van der Waals surface area contributed by atoms with E-state index in [1.165, 1.54) is 106 Å². The van der Waals surface area contributed by atoms with Crippen LogP contribution in [0, 0.1) is 41.4 Å². The van der Waals surface area contributed by atoms with Gasteiger partial charge in [0, 0.05) is 152 Å². The summed E-state index contributed by atoms with van der Waals surface area (Å²) in [6, 6.07) is 134. The fourth-order valence-electron chi connectivity index (χ4n) is 15.1. The van der Waals surface area contributed by atoms with E-state index in [1.54, 1.807) is 24.8 Å². The number of anilines is 5. The summed E-state index contributed by atoms with van der Waals surface area (Å²) in [7, 11) is 0. The molecule has 11 aromatic carbocycles. The van der Waals surface area contributed by atoms with Crippen molar-refractivity contribution < 1.29 is 0 Å². The number of rotatable bonds is 14. The lowest BCUT2D eigenvalue weighted by molar-refractivity contribution is 0.642. The molecule has 8 aromatic heterocycles. The third-order valence-electron chi connectivity index (χ3n) is 21.0. The first-order chi connectivity index (χ1) is 71.2. The van der Waals surface area contributed by atoms with Gasteiger partial charge in [0.2, 0.25) is 0 Å². The summed E-state index contributed by atoms with van der Waals surface area (Å²) in [6.45, 7) is 61.1. The van der Waals surface area contributed by atoms with Crippen LogP contribution in [-0.4, -0.2) is 50.8 Å². The summed E-state index contributed by atoms with van der Waals surface area (Å²) >= 11 is 0. The Bertz CT molecular complexity index is 6260. The smallest absolute Gasteiger partial charge is 0.0923 e. The number of hydrogen-bond donors (Lipinski definition) is 0. The van der Waals surface area contributed by atoms with Crippen molar-refractivity contribution in [3.63, 3.8) is 0 Å². The summed E-state index contributed by atoms with van der Waals surface area (Å²) in [6.07, 6.45) is 15.5. The first-order valence-electron chi connectivity index (χ1n) is 53.2. The molecule has 0 N–H and O–H groups in total. The zero-order valence-corrected chi connectivity index (χ0v) is 94.0. The molecule has 0 unspecified atom stereocenters. The number of para-hydroxylation sites is 11. The quantitative estimate of drug-likeness (QED) is 0.106. The summed E-state index contributed by atoms with van der Waals surface area (Å²) in [5.41, 5.74) is 24.8. The first kappa shape index (κ1) is 120. The lowest BCUT2D eigenvalue weighted by Gasteiger charge is -2.29. The molecular weight excluding hydrogens is 1800 g/mol. The maximum Gasteiger partial charge on any atom is 0.0923 e. The summed E-state index contributed by atoms with van der Waals surface area (Å²) in [4.78, 5) is 34.7. The molecule has 0 bridgehead atoms. The average Bonchev–Trinajstić information content (AvgIpc) is 1.62.